The number of nitrogens with one attached hydrogen (secondary N) is 2. The first-order valence-corrected chi connectivity index (χ1v) is 5.74. The summed E-state index contributed by atoms with van der Waals surface area (Å²) in [4.78, 5) is 15.6. The summed E-state index contributed by atoms with van der Waals surface area (Å²) in [6.45, 7) is 3.93. The van der Waals surface area contributed by atoms with Gasteiger partial charge in [0.05, 0.1) is 6.54 Å². The molecule has 6 heteroatoms. The van der Waals surface area contributed by atoms with Crippen molar-refractivity contribution in [2.75, 3.05) is 17.6 Å². The summed E-state index contributed by atoms with van der Waals surface area (Å²) in [6.07, 6.45) is 0. The molecular weight excluding hydrogens is 232 g/mol. The van der Waals surface area contributed by atoms with Crippen LogP contribution in [0.5, 0.6) is 0 Å². The summed E-state index contributed by atoms with van der Waals surface area (Å²) in [5.74, 6) is -0.105. The second-order valence-corrected chi connectivity index (χ2v) is 4.32. The number of nitrogens with zero attached hydrogens (tertiary/aromatic N) is 1. The molecule has 0 aliphatic carbocycles. The highest BCUT2D eigenvalue weighted by Crippen LogP contribution is 2.20. The number of carbonyl (C=O) groups excluding carboxylic acids is 1. The number of aromatic nitrogens is 1. The number of hydrogen-bond acceptors (Lipinski definition) is 5. The van der Waals surface area contributed by atoms with E-state index in [1.165, 1.54) is 0 Å². The minimum Gasteiger partial charge on any atom is -0.424 e. The first kappa shape index (κ1) is 12.2. The molecular formula is C12H16N4O2. The molecule has 6 nitrogen and oxygen atoms in total. The van der Waals surface area contributed by atoms with Crippen LogP contribution in [0.1, 0.15) is 13.8 Å². The van der Waals surface area contributed by atoms with E-state index in [9.17, 15) is 4.79 Å². The van der Waals surface area contributed by atoms with Crippen LogP contribution in [0.4, 0.5) is 11.7 Å². The molecule has 0 radical (unpaired) electrons. The summed E-state index contributed by atoms with van der Waals surface area (Å²) >= 11 is 0. The molecule has 0 fully saturated rings. The number of oxazole rings is 1. The van der Waals surface area contributed by atoms with Gasteiger partial charge in [-0.2, -0.15) is 4.98 Å². The maximum absolute atomic E-state index is 11.4. The molecule has 1 aromatic carbocycles. The van der Waals surface area contributed by atoms with Gasteiger partial charge in [0.25, 0.3) is 6.01 Å². The third-order valence-corrected chi connectivity index (χ3v) is 2.26. The van der Waals surface area contributed by atoms with Gasteiger partial charge >= 0.3 is 0 Å². The van der Waals surface area contributed by atoms with Crippen molar-refractivity contribution in [3.8, 4) is 0 Å². The van der Waals surface area contributed by atoms with Crippen molar-refractivity contribution in [2.24, 2.45) is 0 Å². The molecule has 0 aliphatic heterocycles. The molecule has 0 unspecified atom stereocenters. The Bertz CT molecular complexity index is 562. The highest BCUT2D eigenvalue weighted by molar-refractivity contribution is 5.81. The predicted octanol–water partition coefficient (Wildman–Crippen LogP) is 1.35. The van der Waals surface area contributed by atoms with Gasteiger partial charge in [-0.15, -0.1) is 0 Å². The van der Waals surface area contributed by atoms with Gasteiger partial charge in [0.1, 0.15) is 5.52 Å². The quantitative estimate of drug-likeness (QED) is 0.710. The van der Waals surface area contributed by atoms with Crippen molar-refractivity contribution in [2.45, 2.75) is 19.9 Å². The van der Waals surface area contributed by atoms with E-state index in [0.717, 1.165) is 0 Å². The van der Waals surface area contributed by atoms with Crippen LogP contribution in [0.2, 0.25) is 0 Å². The van der Waals surface area contributed by atoms with Crippen LogP contribution in [0.3, 0.4) is 0 Å². The Hall–Kier alpha value is -2.24. The molecule has 0 bridgehead atoms. The van der Waals surface area contributed by atoms with Gasteiger partial charge in [0.2, 0.25) is 5.91 Å². The number of nitrogens with two attached hydrogens (primary N) is 1. The van der Waals surface area contributed by atoms with Crippen LogP contribution < -0.4 is 16.4 Å². The monoisotopic (exact) mass is 248 g/mol. The normalized spacial score (nSPS) is 10.8. The molecule has 0 saturated heterocycles. The van der Waals surface area contributed by atoms with Crippen LogP contribution in [0, 0.1) is 0 Å². The van der Waals surface area contributed by atoms with Crippen molar-refractivity contribution in [1.82, 2.24) is 10.3 Å². The van der Waals surface area contributed by atoms with Crippen LogP contribution in [0.15, 0.2) is 22.6 Å². The molecule has 2 rings (SSSR count). The zero-order valence-corrected chi connectivity index (χ0v) is 10.4. The van der Waals surface area contributed by atoms with E-state index in [1.54, 1.807) is 18.2 Å². The summed E-state index contributed by atoms with van der Waals surface area (Å²) in [5, 5.41) is 5.59. The van der Waals surface area contributed by atoms with Gasteiger partial charge in [0.15, 0.2) is 5.58 Å². The largest absolute Gasteiger partial charge is 0.424 e. The number of rotatable bonds is 4. The van der Waals surface area contributed by atoms with Gasteiger partial charge in [0, 0.05) is 11.7 Å². The third kappa shape index (κ3) is 2.91. The average molecular weight is 248 g/mol. The van der Waals surface area contributed by atoms with Gasteiger partial charge in [-0.1, -0.05) is 0 Å². The van der Waals surface area contributed by atoms with Gasteiger partial charge in [-0.25, -0.2) is 0 Å². The molecule has 2 aromatic rings. The van der Waals surface area contributed by atoms with Crippen LogP contribution in [-0.4, -0.2) is 23.5 Å². The number of amides is 1. The van der Waals surface area contributed by atoms with Crippen LogP contribution in [-0.2, 0) is 4.79 Å². The van der Waals surface area contributed by atoms with Crippen LogP contribution >= 0.6 is 0 Å². The number of benzene rings is 1. The summed E-state index contributed by atoms with van der Waals surface area (Å²) < 4.78 is 5.42. The van der Waals surface area contributed by atoms with Gasteiger partial charge < -0.3 is 20.8 Å². The average Bonchev–Trinajstić information content (AvgIpc) is 2.67. The Morgan fingerprint density at radius 2 is 2.28 bits per heavy atom. The molecule has 1 amide bonds. The molecule has 96 valence electrons. The van der Waals surface area contributed by atoms with E-state index in [-0.39, 0.29) is 18.5 Å². The summed E-state index contributed by atoms with van der Waals surface area (Å²) in [5.41, 5.74) is 7.57. The summed E-state index contributed by atoms with van der Waals surface area (Å²) in [6, 6.07) is 5.63. The smallest absolute Gasteiger partial charge is 0.296 e. The molecule has 0 saturated carbocycles. The third-order valence-electron chi connectivity index (χ3n) is 2.26. The lowest BCUT2D eigenvalue weighted by molar-refractivity contribution is -0.119. The molecule has 18 heavy (non-hydrogen) atoms. The Morgan fingerprint density at radius 1 is 1.50 bits per heavy atom. The van der Waals surface area contributed by atoms with Gasteiger partial charge in [-0.05, 0) is 32.0 Å². The molecule has 4 N–H and O–H groups in total. The van der Waals surface area contributed by atoms with E-state index in [4.69, 9.17) is 10.2 Å². The second kappa shape index (κ2) is 4.95. The number of hydrogen-bond donors (Lipinski definition) is 3. The Labute approximate surface area is 105 Å². The fourth-order valence-corrected chi connectivity index (χ4v) is 1.55. The first-order valence-electron chi connectivity index (χ1n) is 5.74. The van der Waals surface area contributed by atoms with Crippen molar-refractivity contribution in [3.63, 3.8) is 0 Å². The van der Waals surface area contributed by atoms with Gasteiger partial charge in [-0.3, -0.25) is 4.79 Å². The number of nitrogen functional groups attached to an aromatic ring is 1. The standard InChI is InChI=1S/C12H16N4O2/c1-7(2)15-11(17)6-14-12-16-9-5-8(13)3-4-10(9)18-12/h3-5,7H,6,13H2,1-2H3,(H,14,16)(H,15,17). The maximum Gasteiger partial charge on any atom is 0.296 e. The van der Waals surface area contributed by atoms with E-state index in [1.807, 2.05) is 13.8 Å². The second-order valence-electron chi connectivity index (χ2n) is 4.32. The first-order chi connectivity index (χ1) is 8.54. The van der Waals surface area contributed by atoms with Crippen molar-refractivity contribution in [3.05, 3.63) is 18.2 Å². The minimum absolute atomic E-state index is 0.105. The Morgan fingerprint density at radius 3 is 3.00 bits per heavy atom. The highest BCUT2D eigenvalue weighted by Gasteiger charge is 2.08. The number of carbonyl (C=O) groups is 1. The lowest BCUT2D eigenvalue weighted by Crippen LogP contribution is -2.34. The lowest BCUT2D eigenvalue weighted by atomic mass is 10.3. The van der Waals surface area contributed by atoms with Crippen molar-refractivity contribution >= 4 is 28.7 Å². The topological polar surface area (TPSA) is 93.2 Å². The molecule has 1 aromatic heterocycles. The number of fused-ring (bicyclic) bond motifs is 1. The maximum atomic E-state index is 11.4. The van der Waals surface area contributed by atoms with Crippen LogP contribution in [0.25, 0.3) is 11.1 Å². The Kier molecular flexibility index (Phi) is 3.36. The van der Waals surface area contributed by atoms with E-state index in [0.29, 0.717) is 22.8 Å². The van der Waals surface area contributed by atoms with Crippen molar-refractivity contribution in [1.29, 1.82) is 0 Å². The fourth-order valence-electron chi connectivity index (χ4n) is 1.55. The van der Waals surface area contributed by atoms with Crippen molar-refractivity contribution < 1.29 is 9.21 Å². The van der Waals surface area contributed by atoms with E-state index < -0.39 is 0 Å². The fraction of sp³-hybridized carbons (Fsp3) is 0.333. The molecule has 0 atom stereocenters. The molecule has 0 spiro atoms. The lowest BCUT2D eigenvalue weighted by Gasteiger charge is -2.07. The molecule has 0 aliphatic rings. The zero-order chi connectivity index (χ0) is 13.1. The summed E-state index contributed by atoms with van der Waals surface area (Å²) in [7, 11) is 0. The zero-order valence-electron chi connectivity index (χ0n) is 10.4. The predicted molar refractivity (Wildman–Crippen MR) is 70.2 cm³/mol. The highest BCUT2D eigenvalue weighted by atomic mass is 16.4. The molecule has 1 heterocycles. The Balaban J connectivity index is 2.02. The van der Waals surface area contributed by atoms with E-state index >= 15 is 0 Å². The van der Waals surface area contributed by atoms with E-state index in [2.05, 4.69) is 15.6 Å². The SMILES string of the molecule is CC(C)NC(=O)CNc1nc2cc(N)ccc2o1. The minimum atomic E-state index is -0.105. The number of anilines is 2.